The largest absolute Gasteiger partial charge is 0.264 e. The summed E-state index contributed by atoms with van der Waals surface area (Å²) in [5, 5.41) is 0.453. The first-order valence-corrected chi connectivity index (χ1v) is 4.49. The van der Waals surface area contributed by atoms with Gasteiger partial charge in [-0.2, -0.15) is 0 Å². The molecule has 0 aliphatic heterocycles. The lowest BCUT2D eigenvalue weighted by molar-refractivity contribution is 0.152. The van der Waals surface area contributed by atoms with Crippen molar-refractivity contribution in [3.8, 4) is 0 Å². The Bertz CT molecular complexity index is 513. The van der Waals surface area contributed by atoms with Gasteiger partial charge in [-0.25, -0.2) is 18.2 Å². The van der Waals surface area contributed by atoms with Gasteiger partial charge in [-0.15, -0.1) is 0 Å². The maximum absolute atomic E-state index is 13.0. The lowest BCUT2D eigenvalue weighted by Crippen LogP contribution is -1.91. The van der Waals surface area contributed by atoms with Crippen molar-refractivity contribution in [2.45, 2.75) is 6.43 Å². The predicted octanol–water partition coefficient (Wildman–Crippen LogP) is 3.96. The second-order valence-electron chi connectivity index (χ2n) is 2.99. The number of fused-ring (bicyclic) bond motifs is 1. The third kappa shape index (κ3) is 1.77. The van der Waals surface area contributed by atoms with Crippen LogP contribution in [0, 0.1) is 5.82 Å². The van der Waals surface area contributed by atoms with Crippen molar-refractivity contribution in [1.82, 2.24) is 4.98 Å². The molecule has 0 saturated carbocycles. The van der Waals surface area contributed by atoms with Crippen molar-refractivity contribution >= 4 is 22.4 Å². The molecule has 78 valence electrons. The summed E-state index contributed by atoms with van der Waals surface area (Å²) in [4.78, 5) is 3.70. The monoisotopic (exact) mass is 231 g/mol. The number of benzene rings is 1. The highest BCUT2D eigenvalue weighted by Gasteiger charge is 2.14. The van der Waals surface area contributed by atoms with Crippen LogP contribution >= 0.6 is 11.6 Å². The molecular formula is C10H5ClF3N. The number of nitrogens with zero attached hydrogens (tertiary/aromatic N) is 1. The summed E-state index contributed by atoms with van der Waals surface area (Å²) in [6, 6.07) is 3.29. The molecule has 0 spiro atoms. The number of alkyl halides is 2. The molecule has 0 N–H and O–H groups in total. The standard InChI is InChI=1S/C10H5ClF3N/c11-9-7-3-5(12)4-8(10(13)14)6(7)1-2-15-9/h1-4,10H. The molecule has 0 fully saturated rings. The van der Waals surface area contributed by atoms with E-state index in [0.29, 0.717) is 0 Å². The Balaban J connectivity index is 2.86. The van der Waals surface area contributed by atoms with Crippen LogP contribution in [0.5, 0.6) is 0 Å². The summed E-state index contributed by atoms with van der Waals surface area (Å²) < 4.78 is 38.2. The first kappa shape index (κ1) is 10.2. The highest BCUT2D eigenvalue weighted by Crippen LogP contribution is 2.31. The Kier molecular flexibility index (Phi) is 2.52. The fourth-order valence-corrected chi connectivity index (χ4v) is 1.64. The summed E-state index contributed by atoms with van der Waals surface area (Å²) in [6.45, 7) is 0. The zero-order chi connectivity index (χ0) is 11.0. The van der Waals surface area contributed by atoms with Gasteiger partial charge in [0.25, 0.3) is 6.43 Å². The third-order valence-electron chi connectivity index (χ3n) is 2.06. The Labute approximate surface area is 88.5 Å². The zero-order valence-electron chi connectivity index (χ0n) is 7.35. The number of hydrogen-bond acceptors (Lipinski definition) is 1. The van der Waals surface area contributed by atoms with E-state index in [4.69, 9.17) is 11.6 Å². The fourth-order valence-electron chi connectivity index (χ4n) is 1.42. The van der Waals surface area contributed by atoms with Gasteiger partial charge in [0.15, 0.2) is 0 Å². The molecule has 2 rings (SSSR count). The van der Waals surface area contributed by atoms with Crippen LogP contribution in [0.3, 0.4) is 0 Å². The van der Waals surface area contributed by atoms with Gasteiger partial charge in [0.05, 0.1) is 0 Å². The van der Waals surface area contributed by atoms with Crippen LogP contribution in [0.2, 0.25) is 5.15 Å². The average molecular weight is 232 g/mol. The van der Waals surface area contributed by atoms with Crippen LogP contribution in [0.15, 0.2) is 24.4 Å². The van der Waals surface area contributed by atoms with E-state index < -0.39 is 12.2 Å². The second-order valence-corrected chi connectivity index (χ2v) is 3.35. The van der Waals surface area contributed by atoms with Crippen molar-refractivity contribution < 1.29 is 13.2 Å². The molecule has 0 amide bonds. The molecule has 5 heteroatoms. The predicted molar refractivity (Wildman–Crippen MR) is 51.7 cm³/mol. The topological polar surface area (TPSA) is 12.9 Å². The van der Waals surface area contributed by atoms with Gasteiger partial charge in [0.2, 0.25) is 0 Å². The molecule has 1 heterocycles. The summed E-state index contributed by atoms with van der Waals surface area (Å²) >= 11 is 5.68. The number of aromatic nitrogens is 1. The zero-order valence-corrected chi connectivity index (χ0v) is 8.10. The quantitative estimate of drug-likeness (QED) is 0.677. The van der Waals surface area contributed by atoms with Crippen LogP contribution in [-0.2, 0) is 0 Å². The molecule has 0 atom stereocenters. The fraction of sp³-hybridized carbons (Fsp3) is 0.100. The van der Waals surface area contributed by atoms with Crippen LogP contribution in [0.4, 0.5) is 13.2 Å². The van der Waals surface area contributed by atoms with Gasteiger partial charge in [-0.05, 0) is 23.6 Å². The van der Waals surface area contributed by atoms with E-state index in [1.54, 1.807) is 0 Å². The molecule has 1 aromatic heterocycles. The molecule has 0 aliphatic carbocycles. The van der Waals surface area contributed by atoms with Crippen molar-refractivity contribution in [3.63, 3.8) is 0 Å². The van der Waals surface area contributed by atoms with Gasteiger partial charge >= 0.3 is 0 Å². The van der Waals surface area contributed by atoms with Gasteiger partial charge in [0.1, 0.15) is 11.0 Å². The van der Waals surface area contributed by atoms with Gasteiger partial charge in [0, 0.05) is 17.1 Å². The molecule has 15 heavy (non-hydrogen) atoms. The molecular weight excluding hydrogens is 227 g/mol. The summed E-state index contributed by atoms with van der Waals surface area (Å²) in [6.07, 6.45) is -1.42. The van der Waals surface area contributed by atoms with Crippen molar-refractivity contribution in [2.75, 3.05) is 0 Å². The lowest BCUT2D eigenvalue weighted by atomic mass is 10.1. The Morgan fingerprint density at radius 2 is 1.93 bits per heavy atom. The summed E-state index contributed by atoms with van der Waals surface area (Å²) in [5.41, 5.74) is -0.366. The van der Waals surface area contributed by atoms with Crippen LogP contribution in [-0.4, -0.2) is 4.98 Å². The van der Waals surface area contributed by atoms with E-state index in [0.717, 1.165) is 12.1 Å². The number of hydrogen-bond donors (Lipinski definition) is 0. The second kappa shape index (κ2) is 3.70. The Morgan fingerprint density at radius 3 is 2.60 bits per heavy atom. The highest BCUT2D eigenvalue weighted by atomic mass is 35.5. The van der Waals surface area contributed by atoms with Gasteiger partial charge < -0.3 is 0 Å². The van der Waals surface area contributed by atoms with E-state index in [1.165, 1.54) is 12.3 Å². The van der Waals surface area contributed by atoms with Crippen LogP contribution < -0.4 is 0 Å². The maximum Gasteiger partial charge on any atom is 0.264 e. The van der Waals surface area contributed by atoms with Crippen LogP contribution in [0.25, 0.3) is 10.8 Å². The minimum absolute atomic E-state index is 0.0221. The molecule has 0 radical (unpaired) electrons. The summed E-state index contributed by atoms with van der Waals surface area (Å²) in [7, 11) is 0. The molecule has 0 aliphatic rings. The molecule has 0 bridgehead atoms. The smallest absolute Gasteiger partial charge is 0.244 e. The number of pyridine rings is 1. The normalized spacial score (nSPS) is 11.3. The first-order valence-electron chi connectivity index (χ1n) is 4.11. The lowest BCUT2D eigenvalue weighted by Gasteiger charge is -2.06. The minimum atomic E-state index is -2.73. The number of halogens is 4. The Hall–Kier alpha value is -1.29. The molecule has 0 saturated heterocycles. The van der Waals surface area contributed by atoms with E-state index >= 15 is 0 Å². The van der Waals surface area contributed by atoms with E-state index in [-0.39, 0.29) is 21.5 Å². The van der Waals surface area contributed by atoms with Gasteiger partial charge in [-0.3, -0.25) is 0 Å². The average Bonchev–Trinajstić information content (AvgIpc) is 2.18. The molecule has 0 unspecified atom stereocenters. The third-order valence-corrected chi connectivity index (χ3v) is 2.36. The van der Waals surface area contributed by atoms with Crippen molar-refractivity contribution in [3.05, 3.63) is 40.9 Å². The maximum atomic E-state index is 13.0. The molecule has 1 aromatic carbocycles. The Morgan fingerprint density at radius 1 is 1.20 bits per heavy atom. The minimum Gasteiger partial charge on any atom is -0.244 e. The van der Waals surface area contributed by atoms with Gasteiger partial charge in [-0.1, -0.05) is 11.6 Å². The molecule has 2 aromatic rings. The van der Waals surface area contributed by atoms with E-state index in [9.17, 15) is 13.2 Å². The van der Waals surface area contributed by atoms with E-state index in [1.807, 2.05) is 0 Å². The number of rotatable bonds is 1. The van der Waals surface area contributed by atoms with Crippen molar-refractivity contribution in [1.29, 1.82) is 0 Å². The molecule has 1 nitrogen and oxygen atoms in total. The van der Waals surface area contributed by atoms with Crippen molar-refractivity contribution in [2.24, 2.45) is 0 Å². The first-order chi connectivity index (χ1) is 7.09. The van der Waals surface area contributed by atoms with Crippen LogP contribution in [0.1, 0.15) is 12.0 Å². The highest BCUT2D eigenvalue weighted by molar-refractivity contribution is 6.34. The van der Waals surface area contributed by atoms with E-state index in [2.05, 4.69) is 4.98 Å². The summed E-state index contributed by atoms with van der Waals surface area (Å²) in [5.74, 6) is -0.743. The SMILES string of the molecule is Fc1cc(C(F)F)c2ccnc(Cl)c2c1.